The molecule has 35 heavy (non-hydrogen) atoms. The quantitative estimate of drug-likeness (QED) is 0.419. The third-order valence-electron chi connectivity index (χ3n) is 6.40. The maximum absolute atomic E-state index is 13.6. The van der Waals surface area contributed by atoms with Crippen LogP contribution in [0, 0.1) is 0 Å². The second kappa shape index (κ2) is 9.79. The number of hydrogen-bond donors (Lipinski definition) is 1. The number of amides is 2. The molecule has 5 nitrogen and oxygen atoms in total. The van der Waals surface area contributed by atoms with Crippen molar-refractivity contribution < 1.29 is 9.59 Å². The number of rotatable bonds is 7. The first-order valence-electron chi connectivity index (χ1n) is 12.2. The van der Waals surface area contributed by atoms with Crippen LogP contribution in [0.1, 0.15) is 45.7 Å². The van der Waals surface area contributed by atoms with Gasteiger partial charge >= 0.3 is 0 Å². The van der Waals surface area contributed by atoms with Crippen molar-refractivity contribution >= 4 is 34.4 Å². The molecule has 2 amide bonds. The zero-order valence-corrected chi connectivity index (χ0v) is 21.1. The van der Waals surface area contributed by atoms with Crippen molar-refractivity contribution in [2.45, 2.75) is 40.0 Å². The monoisotopic (exact) mass is 467 g/mol. The van der Waals surface area contributed by atoms with Gasteiger partial charge in [-0.2, -0.15) is 0 Å². The van der Waals surface area contributed by atoms with E-state index in [1.807, 2.05) is 66.7 Å². The normalized spacial score (nSPS) is 14.0. The number of hydrogen-bond acceptors (Lipinski definition) is 4. The van der Waals surface area contributed by atoms with Gasteiger partial charge in [0, 0.05) is 24.5 Å². The summed E-state index contributed by atoms with van der Waals surface area (Å²) < 4.78 is 0. The van der Waals surface area contributed by atoms with Gasteiger partial charge in [-0.3, -0.25) is 9.59 Å². The zero-order chi connectivity index (χ0) is 25.2. The maximum Gasteiger partial charge on any atom is 0.282 e. The number of benzene rings is 3. The van der Waals surface area contributed by atoms with Crippen molar-refractivity contribution in [1.82, 2.24) is 0 Å². The molecule has 0 bridgehead atoms. The van der Waals surface area contributed by atoms with Crippen LogP contribution < -0.4 is 15.1 Å². The molecule has 5 heteroatoms. The van der Waals surface area contributed by atoms with Crippen molar-refractivity contribution in [3.63, 3.8) is 0 Å². The Bertz CT molecular complexity index is 1230. The summed E-state index contributed by atoms with van der Waals surface area (Å²) in [6.07, 6.45) is 0. The summed E-state index contributed by atoms with van der Waals surface area (Å²) in [4.78, 5) is 30.8. The van der Waals surface area contributed by atoms with Gasteiger partial charge in [0.25, 0.3) is 11.8 Å². The first kappa shape index (κ1) is 24.3. The average molecular weight is 468 g/mol. The molecule has 0 saturated heterocycles. The molecule has 1 aliphatic heterocycles. The van der Waals surface area contributed by atoms with Crippen LogP contribution in [0.4, 0.5) is 17.1 Å². The number of nitrogens with zero attached hydrogens (tertiary/aromatic N) is 2. The molecule has 4 rings (SSSR count). The molecule has 0 aliphatic carbocycles. The third-order valence-corrected chi connectivity index (χ3v) is 6.40. The van der Waals surface area contributed by atoms with Crippen LogP contribution in [-0.2, 0) is 15.0 Å². The van der Waals surface area contributed by atoms with Crippen LogP contribution in [-0.4, -0.2) is 24.9 Å². The van der Waals surface area contributed by atoms with Gasteiger partial charge in [0.15, 0.2) is 0 Å². The highest BCUT2D eigenvalue weighted by Crippen LogP contribution is 2.35. The highest BCUT2D eigenvalue weighted by molar-refractivity contribution is 6.46. The lowest BCUT2D eigenvalue weighted by molar-refractivity contribution is -0.120. The van der Waals surface area contributed by atoms with E-state index in [1.165, 1.54) is 10.5 Å². The van der Waals surface area contributed by atoms with Gasteiger partial charge in [0.05, 0.1) is 11.3 Å². The molecule has 0 atom stereocenters. The van der Waals surface area contributed by atoms with E-state index < -0.39 is 0 Å². The number of imide groups is 1. The fourth-order valence-electron chi connectivity index (χ4n) is 4.35. The smallest absolute Gasteiger partial charge is 0.282 e. The lowest BCUT2D eigenvalue weighted by Gasteiger charge is -2.22. The Morgan fingerprint density at radius 2 is 1.37 bits per heavy atom. The van der Waals surface area contributed by atoms with Crippen molar-refractivity contribution in [3.05, 3.63) is 95.7 Å². The molecule has 0 unspecified atom stereocenters. The summed E-state index contributed by atoms with van der Waals surface area (Å²) in [7, 11) is 0. The Kier molecular flexibility index (Phi) is 6.79. The Balaban J connectivity index is 1.71. The van der Waals surface area contributed by atoms with Gasteiger partial charge in [-0.05, 0) is 66.8 Å². The van der Waals surface area contributed by atoms with Crippen molar-refractivity contribution in [2.24, 2.45) is 0 Å². The Morgan fingerprint density at radius 3 is 1.91 bits per heavy atom. The topological polar surface area (TPSA) is 52.6 Å². The fourth-order valence-corrected chi connectivity index (χ4v) is 4.35. The molecular weight excluding hydrogens is 434 g/mol. The molecule has 0 saturated carbocycles. The first-order chi connectivity index (χ1) is 16.7. The first-order valence-corrected chi connectivity index (χ1v) is 12.2. The second-order valence-electron chi connectivity index (χ2n) is 9.70. The number of nitrogens with one attached hydrogen (secondary N) is 1. The second-order valence-corrected chi connectivity index (χ2v) is 9.70. The van der Waals surface area contributed by atoms with E-state index in [9.17, 15) is 9.59 Å². The molecule has 1 aliphatic rings. The van der Waals surface area contributed by atoms with Crippen molar-refractivity contribution in [1.29, 1.82) is 0 Å². The molecule has 3 aromatic carbocycles. The van der Waals surface area contributed by atoms with Gasteiger partial charge in [-0.15, -0.1) is 0 Å². The molecule has 180 valence electrons. The molecule has 0 spiro atoms. The van der Waals surface area contributed by atoms with E-state index in [-0.39, 0.29) is 22.9 Å². The van der Waals surface area contributed by atoms with Crippen LogP contribution in [0.2, 0.25) is 0 Å². The van der Waals surface area contributed by atoms with E-state index >= 15 is 0 Å². The largest absolute Gasteiger partial charge is 0.372 e. The minimum absolute atomic E-state index is 0.0280. The average Bonchev–Trinajstić information content (AvgIpc) is 3.09. The molecule has 1 heterocycles. The van der Waals surface area contributed by atoms with Gasteiger partial charge in [0.1, 0.15) is 5.70 Å². The summed E-state index contributed by atoms with van der Waals surface area (Å²) in [6, 6.07) is 25.0. The zero-order valence-electron chi connectivity index (χ0n) is 21.1. The summed E-state index contributed by atoms with van der Waals surface area (Å²) in [5.41, 5.74) is 4.99. The van der Waals surface area contributed by atoms with Gasteiger partial charge in [-0.25, -0.2) is 4.90 Å². The van der Waals surface area contributed by atoms with Gasteiger partial charge < -0.3 is 10.2 Å². The van der Waals surface area contributed by atoms with Crippen LogP contribution >= 0.6 is 0 Å². The van der Waals surface area contributed by atoms with Gasteiger partial charge in [0.2, 0.25) is 0 Å². The number of anilines is 3. The van der Waals surface area contributed by atoms with E-state index in [0.717, 1.165) is 24.5 Å². The molecular formula is C30H33N3O2. The van der Waals surface area contributed by atoms with Gasteiger partial charge in [-0.1, -0.05) is 63.2 Å². The lowest BCUT2D eigenvalue weighted by Crippen LogP contribution is -2.32. The van der Waals surface area contributed by atoms with Crippen LogP contribution in [0.5, 0.6) is 0 Å². The van der Waals surface area contributed by atoms with Crippen molar-refractivity contribution in [3.8, 4) is 0 Å². The summed E-state index contributed by atoms with van der Waals surface area (Å²) >= 11 is 0. The molecule has 3 aromatic rings. The lowest BCUT2D eigenvalue weighted by atomic mass is 9.87. The summed E-state index contributed by atoms with van der Waals surface area (Å²) in [6.45, 7) is 12.5. The van der Waals surface area contributed by atoms with Crippen LogP contribution in [0.25, 0.3) is 5.57 Å². The number of carbonyl (C=O) groups excluding carboxylic acids is 2. The highest BCUT2D eigenvalue weighted by atomic mass is 16.2. The van der Waals surface area contributed by atoms with Crippen LogP contribution in [0.3, 0.4) is 0 Å². The maximum atomic E-state index is 13.6. The summed E-state index contributed by atoms with van der Waals surface area (Å²) in [5.74, 6) is -0.685. The van der Waals surface area contributed by atoms with Crippen LogP contribution in [0.15, 0.2) is 84.6 Å². The molecule has 1 N–H and O–H groups in total. The minimum atomic E-state index is -0.357. The minimum Gasteiger partial charge on any atom is -0.372 e. The molecule has 0 radical (unpaired) electrons. The third kappa shape index (κ3) is 4.85. The van der Waals surface area contributed by atoms with E-state index in [0.29, 0.717) is 16.8 Å². The molecule has 0 fully saturated rings. The standard InChI is InChI=1S/C30H33N3O2/c1-6-32(7-2)24-17-19-25(20-18-24)33-28(34)26(21-11-9-8-10-12-21)27(29(33)35)31-23-15-13-22(14-16-23)30(3,4)5/h8-20,31H,6-7H2,1-5H3. The Labute approximate surface area is 208 Å². The SMILES string of the molecule is CCN(CC)c1ccc(N2C(=O)C(Nc3ccc(C(C)(C)C)cc3)=C(c3ccccc3)C2=O)cc1. The summed E-state index contributed by atoms with van der Waals surface area (Å²) in [5, 5.41) is 3.26. The number of carbonyl (C=O) groups is 2. The highest BCUT2D eigenvalue weighted by Gasteiger charge is 2.40. The van der Waals surface area contributed by atoms with E-state index in [2.05, 4.69) is 57.0 Å². The predicted molar refractivity (Wildman–Crippen MR) is 145 cm³/mol. The van der Waals surface area contributed by atoms with Crippen molar-refractivity contribution in [2.75, 3.05) is 28.2 Å². The Hall–Kier alpha value is -3.86. The van der Waals surface area contributed by atoms with E-state index in [4.69, 9.17) is 0 Å². The molecule has 0 aromatic heterocycles. The Morgan fingerprint density at radius 1 is 0.771 bits per heavy atom. The predicted octanol–water partition coefficient (Wildman–Crippen LogP) is 6.23. The van der Waals surface area contributed by atoms with E-state index in [1.54, 1.807) is 0 Å². The fraction of sp³-hybridized carbons (Fsp3) is 0.267.